The number of piperidine rings is 1. The first kappa shape index (κ1) is 17.7. The average Bonchev–Trinajstić information content (AvgIpc) is 3.18. The van der Waals surface area contributed by atoms with Crippen molar-refractivity contribution < 1.29 is 4.79 Å². The van der Waals surface area contributed by atoms with Crippen LogP contribution in [0.5, 0.6) is 0 Å². The molecule has 3 rings (SSSR count). The second-order valence-electron chi connectivity index (χ2n) is 6.26. The van der Waals surface area contributed by atoms with E-state index in [4.69, 9.17) is 0 Å². The Balaban J connectivity index is 0.00000176. The summed E-state index contributed by atoms with van der Waals surface area (Å²) in [5, 5.41) is 8.72. The van der Waals surface area contributed by atoms with Gasteiger partial charge in [0.25, 0.3) is 0 Å². The summed E-state index contributed by atoms with van der Waals surface area (Å²) in [7, 11) is 0. The minimum absolute atomic E-state index is 0. The molecule has 0 atom stereocenters. The fraction of sp³-hybridized carbons (Fsp3) is 0.688. The number of thiophene rings is 1. The Morgan fingerprint density at radius 3 is 2.68 bits per heavy atom. The highest BCUT2D eigenvalue weighted by Gasteiger charge is 2.24. The number of carbonyl (C=O) groups excluding carboxylic acids is 1. The van der Waals surface area contributed by atoms with E-state index in [1.165, 1.54) is 37.1 Å². The molecule has 1 aromatic heterocycles. The number of hydrogen-bond donors (Lipinski definition) is 2. The molecule has 1 amide bonds. The molecule has 2 N–H and O–H groups in total. The van der Waals surface area contributed by atoms with Gasteiger partial charge in [-0.05, 0) is 49.6 Å². The molecular formula is C16H26ClN3OS. The van der Waals surface area contributed by atoms with Crippen molar-refractivity contribution in [2.24, 2.45) is 5.92 Å². The highest BCUT2D eigenvalue weighted by Crippen LogP contribution is 2.28. The third-order valence-corrected chi connectivity index (χ3v) is 5.26. The molecule has 0 aromatic carbocycles. The molecule has 1 aliphatic carbocycles. The maximum Gasteiger partial charge on any atom is 0.234 e. The standard InChI is InChI=1S/C16H25N3OS.ClH/c20-16(18-11-15-2-1-9-21-15)12-19-7-5-14(6-8-19)17-10-13-3-4-13;/h1-2,9,13-14,17H,3-8,10-12H2,(H,18,20);1H. The minimum atomic E-state index is 0. The van der Waals surface area contributed by atoms with Gasteiger partial charge in [-0.15, -0.1) is 23.7 Å². The fourth-order valence-electron chi connectivity index (χ4n) is 2.81. The molecule has 0 radical (unpaired) electrons. The Labute approximate surface area is 143 Å². The molecule has 1 aliphatic heterocycles. The molecule has 124 valence electrons. The molecule has 6 heteroatoms. The number of nitrogens with one attached hydrogen (secondary N) is 2. The summed E-state index contributed by atoms with van der Waals surface area (Å²) in [6.07, 6.45) is 5.17. The molecule has 1 saturated heterocycles. The van der Waals surface area contributed by atoms with Crippen molar-refractivity contribution in [2.75, 3.05) is 26.2 Å². The number of rotatable bonds is 7. The molecule has 0 bridgehead atoms. The molecule has 4 nitrogen and oxygen atoms in total. The molecule has 2 heterocycles. The van der Waals surface area contributed by atoms with Gasteiger partial charge in [0, 0.05) is 24.0 Å². The zero-order chi connectivity index (χ0) is 14.5. The van der Waals surface area contributed by atoms with E-state index in [2.05, 4.69) is 21.6 Å². The maximum absolute atomic E-state index is 11.9. The predicted molar refractivity (Wildman–Crippen MR) is 93.6 cm³/mol. The van der Waals surface area contributed by atoms with Gasteiger partial charge in [-0.1, -0.05) is 6.07 Å². The van der Waals surface area contributed by atoms with Crippen LogP contribution in [0.25, 0.3) is 0 Å². The van der Waals surface area contributed by atoms with Crippen LogP contribution in [0.15, 0.2) is 17.5 Å². The van der Waals surface area contributed by atoms with Gasteiger partial charge in [0.2, 0.25) is 5.91 Å². The van der Waals surface area contributed by atoms with E-state index in [-0.39, 0.29) is 18.3 Å². The maximum atomic E-state index is 11.9. The lowest BCUT2D eigenvalue weighted by Crippen LogP contribution is -2.46. The second-order valence-corrected chi connectivity index (χ2v) is 7.29. The molecular weight excluding hydrogens is 318 g/mol. The Hall–Kier alpha value is -0.620. The minimum Gasteiger partial charge on any atom is -0.350 e. The van der Waals surface area contributed by atoms with Crippen LogP contribution in [0.1, 0.15) is 30.6 Å². The van der Waals surface area contributed by atoms with Crippen LogP contribution in [0, 0.1) is 5.92 Å². The number of amides is 1. The van der Waals surface area contributed by atoms with E-state index in [1.807, 2.05) is 11.4 Å². The van der Waals surface area contributed by atoms with Crippen molar-refractivity contribution >= 4 is 29.7 Å². The quantitative estimate of drug-likeness (QED) is 0.798. The van der Waals surface area contributed by atoms with E-state index < -0.39 is 0 Å². The summed E-state index contributed by atoms with van der Waals surface area (Å²) < 4.78 is 0. The monoisotopic (exact) mass is 343 g/mol. The predicted octanol–water partition coefficient (Wildman–Crippen LogP) is 2.25. The first-order chi connectivity index (χ1) is 10.3. The van der Waals surface area contributed by atoms with E-state index in [9.17, 15) is 4.79 Å². The van der Waals surface area contributed by atoms with Crippen LogP contribution in [0.2, 0.25) is 0 Å². The van der Waals surface area contributed by atoms with E-state index in [0.717, 1.165) is 19.0 Å². The van der Waals surface area contributed by atoms with Crippen LogP contribution in [0.3, 0.4) is 0 Å². The molecule has 22 heavy (non-hydrogen) atoms. The van der Waals surface area contributed by atoms with E-state index in [1.54, 1.807) is 11.3 Å². The average molecular weight is 344 g/mol. The van der Waals surface area contributed by atoms with Gasteiger partial charge < -0.3 is 10.6 Å². The highest BCUT2D eigenvalue weighted by molar-refractivity contribution is 7.09. The van der Waals surface area contributed by atoms with Crippen LogP contribution in [-0.4, -0.2) is 43.0 Å². The smallest absolute Gasteiger partial charge is 0.234 e. The summed E-state index contributed by atoms with van der Waals surface area (Å²) in [6, 6.07) is 4.74. The normalized spacial score (nSPS) is 19.6. The summed E-state index contributed by atoms with van der Waals surface area (Å²) >= 11 is 1.69. The van der Waals surface area contributed by atoms with Crippen LogP contribution in [-0.2, 0) is 11.3 Å². The van der Waals surface area contributed by atoms with Crippen molar-refractivity contribution in [1.29, 1.82) is 0 Å². The van der Waals surface area contributed by atoms with Gasteiger partial charge in [-0.2, -0.15) is 0 Å². The third kappa shape index (κ3) is 5.88. The lowest BCUT2D eigenvalue weighted by Gasteiger charge is -2.32. The Bertz CT molecular complexity index is 442. The Morgan fingerprint density at radius 1 is 1.27 bits per heavy atom. The summed E-state index contributed by atoms with van der Waals surface area (Å²) in [4.78, 5) is 15.4. The number of nitrogens with zero attached hydrogens (tertiary/aromatic N) is 1. The first-order valence-corrected chi connectivity index (χ1v) is 8.92. The molecule has 0 unspecified atom stereocenters. The van der Waals surface area contributed by atoms with Crippen molar-refractivity contribution in [1.82, 2.24) is 15.5 Å². The van der Waals surface area contributed by atoms with Gasteiger partial charge in [-0.25, -0.2) is 0 Å². The number of halogens is 1. The summed E-state index contributed by atoms with van der Waals surface area (Å²) in [5.74, 6) is 1.10. The van der Waals surface area contributed by atoms with Crippen molar-refractivity contribution in [2.45, 2.75) is 38.3 Å². The van der Waals surface area contributed by atoms with Crippen LogP contribution < -0.4 is 10.6 Å². The molecule has 2 fully saturated rings. The van der Waals surface area contributed by atoms with Crippen molar-refractivity contribution in [3.63, 3.8) is 0 Å². The van der Waals surface area contributed by atoms with Gasteiger partial charge in [0.15, 0.2) is 0 Å². The van der Waals surface area contributed by atoms with Crippen LogP contribution in [0.4, 0.5) is 0 Å². The summed E-state index contributed by atoms with van der Waals surface area (Å²) in [5.41, 5.74) is 0. The fourth-order valence-corrected chi connectivity index (χ4v) is 3.45. The zero-order valence-corrected chi connectivity index (χ0v) is 14.6. The molecule has 1 aromatic rings. The van der Waals surface area contributed by atoms with Gasteiger partial charge >= 0.3 is 0 Å². The number of hydrogen-bond acceptors (Lipinski definition) is 4. The zero-order valence-electron chi connectivity index (χ0n) is 12.9. The van der Waals surface area contributed by atoms with Crippen LogP contribution >= 0.6 is 23.7 Å². The molecule has 1 saturated carbocycles. The van der Waals surface area contributed by atoms with E-state index >= 15 is 0 Å². The molecule has 0 spiro atoms. The number of carbonyl (C=O) groups is 1. The second kappa shape index (κ2) is 8.87. The van der Waals surface area contributed by atoms with Gasteiger partial charge in [-0.3, -0.25) is 9.69 Å². The van der Waals surface area contributed by atoms with Gasteiger partial charge in [0.05, 0.1) is 13.1 Å². The SMILES string of the molecule is Cl.O=C(CN1CCC(NCC2CC2)CC1)NCc1cccs1. The van der Waals surface area contributed by atoms with Crippen molar-refractivity contribution in [3.05, 3.63) is 22.4 Å². The first-order valence-electron chi connectivity index (χ1n) is 8.04. The largest absolute Gasteiger partial charge is 0.350 e. The van der Waals surface area contributed by atoms with Crippen molar-refractivity contribution in [3.8, 4) is 0 Å². The topological polar surface area (TPSA) is 44.4 Å². The lowest BCUT2D eigenvalue weighted by molar-refractivity contribution is -0.122. The molecule has 2 aliphatic rings. The van der Waals surface area contributed by atoms with E-state index in [0.29, 0.717) is 19.1 Å². The van der Waals surface area contributed by atoms with Gasteiger partial charge in [0.1, 0.15) is 0 Å². The number of likely N-dealkylation sites (tertiary alicyclic amines) is 1. The summed E-state index contributed by atoms with van der Waals surface area (Å²) in [6.45, 7) is 4.48. The Kier molecular flexibility index (Phi) is 7.15. The Morgan fingerprint density at radius 2 is 2.05 bits per heavy atom. The third-order valence-electron chi connectivity index (χ3n) is 4.39. The highest BCUT2D eigenvalue weighted by atomic mass is 35.5. The lowest BCUT2D eigenvalue weighted by atomic mass is 10.0.